The lowest BCUT2D eigenvalue weighted by Gasteiger charge is -2.31. The molecule has 2 aromatic rings. The molecule has 1 atom stereocenters. The summed E-state index contributed by atoms with van der Waals surface area (Å²) in [6.07, 6.45) is 5.13. The highest BCUT2D eigenvalue weighted by atomic mass is 16.5. The monoisotopic (exact) mass is 276 g/mol. The zero-order valence-corrected chi connectivity index (χ0v) is 12.0. The van der Waals surface area contributed by atoms with Crippen LogP contribution in [-0.4, -0.2) is 33.3 Å². The number of rotatable bonds is 4. The lowest BCUT2D eigenvalue weighted by atomic mass is 9.94. The molecule has 0 aromatic carbocycles. The van der Waals surface area contributed by atoms with Crippen LogP contribution in [0.2, 0.25) is 0 Å². The van der Waals surface area contributed by atoms with Crippen molar-refractivity contribution in [2.24, 2.45) is 5.92 Å². The van der Waals surface area contributed by atoms with E-state index in [-0.39, 0.29) is 0 Å². The highest BCUT2D eigenvalue weighted by Gasteiger charge is 2.23. The second-order valence-electron chi connectivity index (χ2n) is 5.59. The third kappa shape index (κ3) is 3.07. The van der Waals surface area contributed by atoms with Gasteiger partial charge in [0.25, 0.3) is 0 Å². The van der Waals surface area contributed by atoms with Crippen LogP contribution in [0.5, 0.6) is 0 Å². The summed E-state index contributed by atoms with van der Waals surface area (Å²) in [7, 11) is 0. The molecule has 20 heavy (non-hydrogen) atoms. The van der Waals surface area contributed by atoms with E-state index in [0.29, 0.717) is 11.7 Å². The zero-order chi connectivity index (χ0) is 13.9. The van der Waals surface area contributed by atoms with Crippen molar-refractivity contribution in [3.63, 3.8) is 0 Å². The lowest BCUT2D eigenvalue weighted by molar-refractivity contribution is 0.159. The van der Waals surface area contributed by atoms with Gasteiger partial charge in [0.15, 0.2) is 5.82 Å². The first kappa shape index (κ1) is 13.3. The SMILES string of the molecule is Cc1noc(CC2CCCN(Cc3cnoc3C)C2)n1. The molecule has 6 heteroatoms. The van der Waals surface area contributed by atoms with Crippen LogP contribution in [0, 0.1) is 19.8 Å². The van der Waals surface area contributed by atoms with E-state index in [1.165, 1.54) is 18.4 Å². The van der Waals surface area contributed by atoms with Crippen molar-refractivity contribution in [1.82, 2.24) is 20.2 Å². The van der Waals surface area contributed by atoms with Crippen LogP contribution in [0.15, 0.2) is 15.2 Å². The maximum absolute atomic E-state index is 5.22. The fourth-order valence-electron chi connectivity index (χ4n) is 2.84. The second kappa shape index (κ2) is 5.75. The third-order valence-electron chi connectivity index (χ3n) is 3.88. The molecule has 3 heterocycles. The Balaban J connectivity index is 1.57. The number of aromatic nitrogens is 3. The minimum Gasteiger partial charge on any atom is -0.361 e. The maximum atomic E-state index is 5.22. The van der Waals surface area contributed by atoms with Gasteiger partial charge in [0.05, 0.1) is 6.20 Å². The largest absolute Gasteiger partial charge is 0.361 e. The van der Waals surface area contributed by atoms with Crippen LogP contribution in [0.25, 0.3) is 0 Å². The predicted octanol–water partition coefficient (Wildman–Crippen LogP) is 2.13. The molecular formula is C14H20N4O2. The van der Waals surface area contributed by atoms with Crippen molar-refractivity contribution in [3.05, 3.63) is 29.2 Å². The summed E-state index contributed by atoms with van der Waals surface area (Å²) in [6, 6.07) is 0. The van der Waals surface area contributed by atoms with Crippen LogP contribution >= 0.6 is 0 Å². The van der Waals surface area contributed by atoms with Crippen molar-refractivity contribution in [2.45, 2.75) is 39.7 Å². The average Bonchev–Trinajstić information content (AvgIpc) is 3.00. The van der Waals surface area contributed by atoms with Crippen LogP contribution in [-0.2, 0) is 13.0 Å². The minimum absolute atomic E-state index is 0.587. The van der Waals surface area contributed by atoms with E-state index < -0.39 is 0 Å². The summed E-state index contributed by atoms with van der Waals surface area (Å²) in [6.45, 7) is 6.92. The van der Waals surface area contributed by atoms with Crippen LogP contribution in [0.3, 0.4) is 0 Å². The van der Waals surface area contributed by atoms with E-state index in [2.05, 4.69) is 20.2 Å². The Bertz CT molecular complexity index is 563. The molecule has 3 rings (SSSR count). The Hall–Kier alpha value is -1.69. The Morgan fingerprint density at radius 3 is 2.95 bits per heavy atom. The first-order valence-corrected chi connectivity index (χ1v) is 7.12. The average molecular weight is 276 g/mol. The van der Waals surface area contributed by atoms with Crippen molar-refractivity contribution >= 4 is 0 Å². The molecule has 1 aliphatic rings. The lowest BCUT2D eigenvalue weighted by Crippen LogP contribution is -2.35. The van der Waals surface area contributed by atoms with Gasteiger partial charge in [0.2, 0.25) is 5.89 Å². The van der Waals surface area contributed by atoms with Crippen molar-refractivity contribution in [1.29, 1.82) is 0 Å². The molecule has 108 valence electrons. The Labute approximate surface area is 118 Å². The summed E-state index contributed by atoms with van der Waals surface area (Å²) in [4.78, 5) is 6.75. The quantitative estimate of drug-likeness (QED) is 0.852. The minimum atomic E-state index is 0.587. The summed E-state index contributed by atoms with van der Waals surface area (Å²) in [5.41, 5.74) is 1.18. The fraction of sp³-hybridized carbons (Fsp3) is 0.643. The van der Waals surface area contributed by atoms with Crippen molar-refractivity contribution in [3.8, 4) is 0 Å². The summed E-state index contributed by atoms with van der Waals surface area (Å²) in [5.74, 6) is 2.98. The molecule has 1 aliphatic heterocycles. The molecule has 1 fully saturated rings. The first-order valence-electron chi connectivity index (χ1n) is 7.12. The van der Waals surface area contributed by atoms with Crippen molar-refractivity contribution in [2.75, 3.05) is 13.1 Å². The molecule has 1 unspecified atom stereocenters. The zero-order valence-electron chi connectivity index (χ0n) is 12.0. The topological polar surface area (TPSA) is 68.2 Å². The normalized spacial score (nSPS) is 20.4. The van der Waals surface area contributed by atoms with E-state index in [4.69, 9.17) is 9.05 Å². The van der Waals surface area contributed by atoms with E-state index in [9.17, 15) is 0 Å². The van der Waals surface area contributed by atoms with Gasteiger partial charge in [-0.3, -0.25) is 4.90 Å². The van der Waals surface area contributed by atoms with E-state index in [1.54, 1.807) is 0 Å². The number of piperidine rings is 1. The maximum Gasteiger partial charge on any atom is 0.226 e. The Kier molecular flexibility index (Phi) is 3.82. The number of hydrogen-bond acceptors (Lipinski definition) is 6. The third-order valence-corrected chi connectivity index (χ3v) is 3.88. The molecule has 0 saturated carbocycles. The Morgan fingerprint density at radius 2 is 2.25 bits per heavy atom. The molecule has 0 amide bonds. The molecule has 0 aliphatic carbocycles. The molecule has 1 saturated heterocycles. The highest BCUT2D eigenvalue weighted by Crippen LogP contribution is 2.22. The smallest absolute Gasteiger partial charge is 0.226 e. The van der Waals surface area contributed by atoms with Crippen LogP contribution in [0.4, 0.5) is 0 Å². The summed E-state index contributed by atoms with van der Waals surface area (Å²) < 4.78 is 10.3. The molecule has 2 aromatic heterocycles. The summed E-state index contributed by atoms with van der Waals surface area (Å²) in [5, 5.41) is 7.69. The molecule has 0 bridgehead atoms. The van der Waals surface area contributed by atoms with Gasteiger partial charge >= 0.3 is 0 Å². The van der Waals surface area contributed by atoms with E-state index >= 15 is 0 Å². The van der Waals surface area contributed by atoms with Gasteiger partial charge in [-0.1, -0.05) is 10.3 Å². The number of hydrogen-bond donors (Lipinski definition) is 0. The van der Waals surface area contributed by atoms with Gasteiger partial charge in [0, 0.05) is 25.1 Å². The number of aryl methyl sites for hydroxylation is 2. The molecule has 0 radical (unpaired) electrons. The first-order chi connectivity index (χ1) is 9.70. The predicted molar refractivity (Wildman–Crippen MR) is 72.0 cm³/mol. The van der Waals surface area contributed by atoms with Gasteiger partial charge in [-0.25, -0.2) is 0 Å². The second-order valence-corrected chi connectivity index (χ2v) is 5.59. The highest BCUT2D eigenvalue weighted by molar-refractivity contribution is 5.11. The molecule has 0 N–H and O–H groups in total. The Morgan fingerprint density at radius 1 is 1.35 bits per heavy atom. The van der Waals surface area contributed by atoms with Gasteiger partial charge in [-0.2, -0.15) is 4.98 Å². The van der Waals surface area contributed by atoms with E-state index in [0.717, 1.165) is 37.7 Å². The molecular weight excluding hydrogens is 256 g/mol. The van der Waals surface area contributed by atoms with Gasteiger partial charge in [0.1, 0.15) is 5.76 Å². The van der Waals surface area contributed by atoms with Gasteiger partial charge < -0.3 is 9.05 Å². The number of nitrogens with zero attached hydrogens (tertiary/aromatic N) is 4. The summed E-state index contributed by atoms with van der Waals surface area (Å²) >= 11 is 0. The molecule has 0 spiro atoms. The van der Waals surface area contributed by atoms with Crippen LogP contribution < -0.4 is 0 Å². The standard InChI is InChI=1S/C14H20N4O2/c1-10-13(7-15-19-10)9-18-5-3-4-12(8-18)6-14-16-11(2)17-20-14/h7,12H,3-6,8-9H2,1-2H3. The molecule has 6 nitrogen and oxygen atoms in total. The number of likely N-dealkylation sites (tertiary alicyclic amines) is 1. The van der Waals surface area contributed by atoms with Crippen LogP contribution in [0.1, 0.15) is 35.9 Å². The van der Waals surface area contributed by atoms with Crippen molar-refractivity contribution < 1.29 is 9.05 Å². The fourth-order valence-corrected chi connectivity index (χ4v) is 2.84. The van der Waals surface area contributed by atoms with Gasteiger partial charge in [-0.15, -0.1) is 0 Å². The van der Waals surface area contributed by atoms with E-state index in [1.807, 2.05) is 20.0 Å². The van der Waals surface area contributed by atoms with Gasteiger partial charge in [-0.05, 0) is 39.2 Å².